The first-order valence-corrected chi connectivity index (χ1v) is 21.9. The summed E-state index contributed by atoms with van der Waals surface area (Å²) in [6.45, 7) is 8.54. The first-order valence-electron chi connectivity index (χ1n) is 21.9. The van der Waals surface area contributed by atoms with Crippen LogP contribution in [0, 0.1) is 11.3 Å². The van der Waals surface area contributed by atoms with Crippen LogP contribution in [0.3, 0.4) is 0 Å². The third-order valence-corrected chi connectivity index (χ3v) is 14.4. The molecule has 328 valence electrons. The summed E-state index contributed by atoms with van der Waals surface area (Å²) in [5.41, 5.74) is 6.16. The number of carbonyl (C=O) groups is 5. The number of nitrogens with zero attached hydrogens (tertiary/aromatic N) is 6. The molecule has 0 saturated carbocycles. The average molecular weight is 849 g/mol. The zero-order chi connectivity index (χ0) is 43.4. The van der Waals surface area contributed by atoms with Crippen LogP contribution in [0.25, 0.3) is 11.1 Å². The van der Waals surface area contributed by atoms with Crippen LogP contribution in [-0.4, -0.2) is 133 Å². The fourth-order valence-corrected chi connectivity index (χ4v) is 10.7. The number of carbonyl (C=O) groups excluding carboxylic acids is 5. The standard InChI is InChI=1S/C46H56N8O8/c1-47-45(60)52-16-11-31-34(23-49(2)42(57)35(31)25-52)29-19-38(61-3)36(39(20-29)62-4)24-50-14-9-28(10-15-50)22-51-17-12-46(13-18-51)26-53(27-46)30-5-6-32-33(21-30)44(59)54(43(32)58)37-7-8-40(55)48-41(37)56/h5-6,19-21,23,28,37H,7-18,22,24-27H2,1-4H3,(H,47,60)(H,48,55,56). The highest BCUT2D eigenvalue weighted by Gasteiger charge is 2.48. The third kappa shape index (κ3) is 7.50. The zero-order valence-electron chi connectivity index (χ0n) is 36.1. The minimum atomic E-state index is -0.967. The number of rotatable bonds is 9. The third-order valence-electron chi connectivity index (χ3n) is 14.4. The van der Waals surface area contributed by atoms with Gasteiger partial charge in [-0.25, -0.2) is 4.79 Å². The Labute approximate surface area is 361 Å². The van der Waals surface area contributed by atoms with Crippen LogP contribution in [0.2, 0.25) is 0 Å². The van der Waals surface area contributed by atoms with Gasteiger partial charge >= 0.3 is 6.03 Å². The molecule has 1 unspecified atom stereocenters. The second kappa shape index (κ2) is 16.5. The van der Waals surface area contributed by atoms with Gasteiger partial charge in [0.2, 0.25) is 11.8 Å². The van der Waals surface area contributed by atoms with Crippen molar-refractivity contribution in [3.8, 4) is 22.6 Å². The summed E-state index contributed by atoms with van der Waals surface area (Å²) in [6.07, 6.45) is 7.19. The van der Waals surface area contributed by atoms with E-state index in [0.717, 1.165) is 116 Å². The molecule has 0 aliphatic carbocycles. The van der Waals surface area contributed by atoms with Crippen LogP contribution < -0.4 is 30.6 Å². The molecular weight excluding hydrogens is 793 g/mol. The Kier molecular flexibility index (Phi) is 11.1. The normalized spacial score (nSPS) is 21.7. The Hall–Kier alpha value is -5.74. The van der Waals surface area contributed by atoms with E-state index < -0.39 is 23.8 Å². The molecule has 9 rings (SSSR count). The molecule has 4 saturated heterocycles. The van der Waals surface area contributed by atoms with E-state index in [9.17, 15) is 28.8 Å². The van der Waals surface area contributed by atoms with Crippen LogP contribution in [0.5, 0.6) is 11.5 Å². The quantitative estimate of drug-likeness (QED) is 0.304. The number of nitrogens with one attached hydrogen (secondary N) is 2. The minimum Gasteiger partial charge on any atom is -0.496 e. The van der Waals surface area contributed by atoms with Gasteiger partial charge in [0, 0.05) is 81.7 Å². The van der Waals surface area contributed by atoms with E-state index in [2.05, 4.69) is 25.3 Å². The molecule has 3 aromatic rings. The Morgan fingerprint density at radius 2 is 1.52 bits per heavy atom. The SMILES string of the molecule is CNC(=O)N1CCc2c(-c3cc(OC)c(CN4CCC(CN5CCC6(CC5)CN(c5ccc7c(c5)C(=O)N(C5CCC(=O)NC5=O)C7=O)C6)CC4)c(OC)c3)cn(C)c(=O)c2C1. The van der Waals surface area contributed by atoms with Crippen molar-refractivity contribution in [2.75, 3.05) is 78.5 Å². The molecule has 6 aliphatic heterocycles. The van der Waals surface area contributed by atoms with E-state index in [4.69, 9.17) is 9.47 Å². The van der Waals surface area contributed by atoms with Crippen molar-refractivity contribution >= 4 is 35.3 Å². The van der Waals surface area contributed by atoms with E-state index >= 15 is 0 Å². The summed E-state index contributed by atoms with van der Waals surface area (Å²) in [7, 11) is 6.73. The Morgan fingerprint density at radius 1 is 0.823 bits per heavy atom. The highest BCUT2D eigenvalue weighted by molar-refractivity contribution is 6.23. The van der Waals surface area contributed by atoms with Crippen LogP contribution >= 0.6 is 0 Å². The van der Waals surface area contributed by atoms with E-state index in [1.165, 1.54) is 0 Å². The summed E-state index contributed by atoms with van der Waals surface area (Å²) < 4.78 is 13.6. The highest BCUT2D eigenvalue weighted by Crippen LogP contribution is 2.44. The fraction of sp³-hybridized carbons (Fsp3) is 0.522. The maximum Gasteiger partial charge on any atom is 0.317 e. The Balaban J connectivity index is 0.773. The predicted molar refractivity (Wildman–Crippen MR) is 230 cm³/mol. The maximum atomic E-state index is 13.4. The van der Waals surface area contributed by atoms with Crippen molar-refractivity contribution in [3.63, 3.8) is 0 Å². The van der Waals surface area contributed by atoms with Gasteiger partial charge in [-0.15, -0.1) is 0 Å². The molecule has 1 spiro atoms. The van der Waals surface area contributed by atoms with Gasteiger partial charge in [-0.2, -0.15) is 0 Å². The van der Waals surface area contributed by atoms with Gasteiger partial charge in [0.05, 0.1) is 37.5 Å². The van der Waals surface area contributed by atoms with Crippen molar-refractivity contribution in [1.82, 2.24) is 34.8 Å². The van der Waals surface area contributed by atoms with Crippen molar-refractivity contribution in [2.24, 2.45) is 18.4 Å². The molecule has 1 aromatic heterocycles. The molecule has 1 atom stereocenters. The molecule has 4 fully saturated rings. The number of piperidine rings is 3. The minimum absolute atomic E-state index is 0.0943. The molecule has 16 nitrogen and oxygen atoms in total. The van der Waals surface area contributed by atoms with Crippen molar-refractivity contribution in [2.45, 2.75) is 64.1 Å². The Bertz CT molecular complexity index is 2360. The number of aryl methyl sites for hydroxylation is 1. The molecule has 62 heavy (non-hydrogen) atoms. The van der Waals surface area contributed by atoms with Crippen LogP contribution in [-0.2, 0) is 36.1 Å². The Morgan fingerprint density at radius 3 is 2.18 bits per heavy atom. The van der Waals surface area contributed by atoms with Crippen molar-refractivity contribution in [3.05, 3.63) is 74.7 Å². The van der Waals surface area contributed by atoms with Crippen molar-refractivity contribution < 1.29 is 33.4 Å². The summed E-state index contributed by atoms with van der Waals surface area (Å²) in [5, 5.41) is 4.93. The van der Waals surface area contributed by atoms with E-state index in [-0.39, 0.29) is 42.3 Å². The second-order valence-corrected chi connectivity index (χ2v) is 18.1. The first kappa shape index (κ1) is 41.6. The smallest absolute Gasteiger partial charge is 0.317 e. The fourth-order valence-electron chi connectivity index (χ4n) is 10.7. The molecule has 16 heteroatoms. The molecule has 6 aliphatic rings. The van der Waals surface area contributed by atoms with E-state index in [0.29, 0.717) is 42.1 Å². The molecule has 2 N–H and O–H groups in total. The lowest BCUT2D eigenvalue weighted by Gasteiger charge is -2.55. The number of methoxy groups -OCH3 is 2. The number of aromatic nitrogens is 1. The molecule has 2 aromatic carbocycles. The second-order valence-electron chi connectivity index (χ2n) is 18.1. The lowest BCUT2D eigenvalue weighted by Crippen LogP contribution is -2.60. The van der Waals surface area contributed by atoms with Gasteiger partial charge in [-0.05, 0) is 112 Å². The number of imide groups is 2. The number of ether oxygens (including phenoxy) is 2. The molecule has 7 heterocycles. The van der Waals surface area contributed by atoms with Gasteiger partial charge < -0.3 is 34.1 Å². The largest absolute Gasteiger partial charge is 0.496 e. The topological polar surface area (TPSA) is 166 Å². The molecule has 0 radical (unpaired) electrons. The van der Waals surface area contributed by atoms with Crippen LogP contribution in [0.4, 0.5) is 10.5 Å². The number of benzene rings is 2. The maximum absolute atomic E-state index is 13.4. The monoisotopic (exact) mass is 848 g/mol. The summed E-state index contributed by atoms with van der Waals surface area (Å²) in [4.78, 5) is 86.4. The zero-order valence-corrected chi connectivity index (χ0v) is 36.1. The predicted octanol–water partition coefficient (Wildman–Crippen LogP) is 2.98. The van der Waals surface area contributed by atoms with Gasteiger partial charge in [0.15, 0.2) is 0 Å². The van der Waals surface area contributed by atoms with Crippen LogP contribution in [0.15, 0.2) is 41.3 Å². The lowest BCUT2D eigenvalue weighted by atomic mass is 9.71. The van der Waals surface area contributed by atoms with E-state index in [1.807, 2.05) is 24.4 Å². The number of urea groups is 1. The van der Waals surface area contributed by atoms with Gasteiger partial charge in [0.25, 0.3) is 17.4 Å². The average Bonchev–Trinajstić information content (AvgIpc) is 3.52. The highest BCUT2D eigenvalue weighted by atomic mass is 16.5. The number of likely N-dealkylation sites (tertiary alicyclic amines) is 2. The van der Waals surface area contributed by atoms with Gasteiger partial charge in [0.1, 0.15) is 17.5 Å². The lowest BCUT2D eigenvalue weighted by molar-refractivity contribution is -0.136. The number of anilines is 1. The summed E-state index contributed by atoms with van der Waals surface area (Å²) in [6, 6.07) is 8.34. The molecular formula is C46H56N8O8. The number of pyridine rings is 1. The summed E-state index contributed by atoms with van der Waals surface area (Å²) in [5.74, 6) is 0.193. The van der Waals surface area contributed by atoms with E-state index in [1.54, 1.807) is 49.9 Å². The van der Waals surface area contributed by atoms with Gasteiger partial charge in [-0.3, -0.25) is 39.1 Å². The number of amides is 6. The van der Waals surface area contributed by atoms with Crippen LogP contribution in [0.1, 0.15) is 75.9 Å². The number of hydrogen-bond acceptors (Lipinski definition) is 11. The molecule has 0 bridgehead atoms. The number of fused-ring (bicyclic) bond motifs is 2. The number of hydrogen-bond donors (Lipinski definition) is 2. The van der Waals surface area contributed by atoms with Gasteiger partial charge in [-0.1, -0.05) is 0 Å². The summed E-state index contributed by atoms with van der Waals surface area (Å²) >= 11 is 0. The molecule has 6 amide bonds. The first-order chi connectivity index (χ1) is 29.9. The van der Waals surface area contributed by atoms with Crippen molar-refractivity contribution in [1.29, 1.82) is 0 Å².